The van der Waals surface area contributed by atoms with Crippen LogP contribution in [0.3, 0.4) is 0 Å². The van der Waals surface area contributed by atoms with E-state index < -0.39 is 0 Å². The Morgan fingerprint density at radius 2 is 1.94 bits per heavy atom. The first-order valence-electron chi connectivity index (χ1n) is 6.69. The first-order chi connectivity index (χ1) is 8.61. The Bertz CT molecular complexity index is 422. The lowest BCUT2D eigenvalue weighted by Crippen LogP contribution is -2.44. The van der Waals surface area contributed by atoms with Crippen LogP contribution in [0.1, 0.15) is 24.5 Å². The molecule has 1 unspecified atom stereocenters. The maximum Gasteiger partial charge on any atom is 0.231 e. The second-order valence-corrected chi connectivity index (χ2v) is 5.19. The van der Waals surface area contributed by atoms with E-state index in [1.807, 2.05) is 17.9 Å². The molecule has 1 fully saturated rings. The molecule has 0 aliphatic carbocycles. The summed E-state index contributed by atoms with van der Waals surface area (Å²) < 4.78 is 0. The van der Waals surface area contributed by atoms with Crippen molar-refractivity contribution < 1.29 is 4.79 Å². The van der Waals surface area contributed by atoms with E-state index in [-0.39, 0.29) is 11.8 Å². The minimum Gasteiger partial charge on any atom is -0.316 e. The molecule has 1 aromatic carbocycles. The molecule has 0 spiro atoms. The third-order valence-corrected chi connectivity index (χ3v) is 3.58. The predicted molar refractivity (Wildman–Crippen MR) is 74.9 cm³/mol. The fourth-order valence-electron chi connectivity index (χ4n) is 2.60. The molecule has 0 saturated carbocycles. The zero-order valence-electron chi connectivity index (χ0n) is 11.5. The number of amides is 1. The number of anilines is 1. The summed E-state index contributed by atoms with van der Waals surface area (Å²) in [7, 11) is 0. The van der Waals surface area contributed by atoms with Crippen LogP contribution in [-0.4, -0.2) is 25.5 Å². The summed E-state index contributed by atoms with van der Waals surface area (Å²) in [4.78, 5) is 14.5. The summed E-state index contributed by atoms with van der Waals surface area (Å²) in [5.41, 5.74) is 3.48. The van der Waals surface area contributed by atoms with Crippen LogP contribution in [0.2, 0.25) is 0 Å². The molecule has 18 heavy (non-hydrogen) atoms. The van der Waals surface area contributed by atoms with Gasteiger partial charge in [-0.1, -0.05) is 25.1 Å². The van der Waals surface area contributed by atoms with E-state index in [0.29, 0.717) is 0 Å². The van der Waals surface area contributed by atoms with Crippen molar-refractivity contribution in [3.05, 3.63) is 29.3 Å². The molecule has 3 nitrogen and oxygen atoms in total. The van der Waals surface area contributed by atoms with Crippen molar-refractivity contribution in [2.75, 3.05) is 24.5 Å². The van der Waals surface area contributed by atoms with Crippen LogP contribution in [0.25, 0.3) is 0 Å². The number of hydrogen-bond donors (Lipinski definition) is 1. The first-order valence-corrected chi connectivity index (χ1v) is 6.69. The van der Waals surface area contributed by atoms with Crippen LogP contribution < -0.4 is 10.2 Å². The molecule has 1 atom stereocenters. The Morgan fingerprint density at radius 1 is 1.28 bits per heavy atom. The van der Waals surface area contributed by atoms with Gasteiger partial charge in [0.2, 0.25) is 5.91 Å². The molecule has 3 heteroatoms. The SMILES string of the molecule is Cc1cccc(C)c1N1CCCNCC(C)C1=O. The lowest BCUT2D eigenvalue weighted by Gasteiger charge is -2.31. The van der Waals surface area contributed by atoms with Gasteiger partial charge in [0.1, 0.15) is 0 Å². The molecular formula is C15H22N2O. The summed E-state index contributed by atoms with van der Waals surface area (Å²) in [6, 6.07) is 6.21. The highest BCUT2D eigenvalue weighted by Gasteiger charge is 2.25. The van der Waals surface area contributed by atoms with Crippen molar-refractivity contribution in [2.45, 2.75) is 27.2 Å². The normalized spacial score (nSPS) is 21.6. The molecular weight excluding hydrogens is 224 g/mol. The average Bonchev–Trinajstić information content (AvgIpc) is 2.33. The highest BCUT2D eigenvalue weighted by atomic mass is 16.2. The monoisotopic (exact) mass is 246 g/mol. The van der Waals surface area contributed by atoms with Gasteiger partial charge in [-0.25, -0.2) is 0 Å². The molecule has 1 amide bonds. The van der Waals surface area contributed by atoms with E-state index in [0.717, 1.165) is 31.7 Å². The van der Waals surface area contributed by atoms with Crippen molar-refractivity contribution >= 4 is 11.6 Å². The Kier molecular flexibility index (Phi) is 4.02. The zero-order valence-corrected chi connectivity index (χ0v) is 11.5. The minimum absolute atomic E-state index is 0.0457. The summed E-state index contributed by atoms with van der Waals surface area (Å²) in [6.07, 6.45) is 1.01. The van der Waals surface area contributed by atoms with Gasteiger partial charge in [0.15, 0.2) is 0 Å². The number of carbonyl (C=O) groups is 1. The standard InChI is InChI=1S/C15H22N2O/c1-11-6-4-7-12(2)14(11)17-9-5-8-16-10-13(3)15(17)18/h4,6-7,13,16H,5,8-10H2,1-3H3. The van der Waals surface area contributed by atoms with E-state index >= 15 is 0 Å². The summed E-state index contributed by atoms with van der Waals surface area (Å²) in [5.74, 6) is 0.281. The van der Waals surface area contributed by atoms with Gasteiger partial charge in [0.25, 0.3) is 0 Å². The molecule has 0 aromatic heterocycles. The van der Waals surface area contributed by atoms with Gasteiger partial charge in [-0.05, 0) is 37.9 Å². The molecule has 1 heterocycles. The third-order valence-electron chi connectivity index (χ3n) is 3.58. The molecule has 1 saturated heterocycles. The van der Waals surface area contributed by atoms with E-state index in [1.54, 1.807) is 0 Å². The van der Waals surface area contributed by atoms with Gasteiger partial charge in [-0.15, -0.1) is 0 Å². The largest absolute Gasteiger partial charge is 0.316 e. The maximum absolute atomic E-state index is 12.5. The summed E-state index contributed by atoms with van der Waals surface area (Å²) in [6.45, 7) is 8.73. The minimum atomic E-state index is 0.0457. The second kappa shape index (κ2) is 5.53. The number of hydrogen-bond acceptors (Lipinski definition) is 2. The van der Waals surface area contributed by atoms with Gasteiger partial charge in [-0.3, -0.25) is 4.79 Å². The molecule has 98 valence electrons. The molecule has 0 radical (unpaired) electrons. The van der Waals surface area contributed by atoms with Crippen molar-refractivity contribution in [3.63, 3.8) is 0 Å². The first kappa shape index (κ1) is 13.1. The molecule has 1 N–H and O–H groups in total. The topological polar surface area (TPSA) is 32.3 Å². The van der Waals surface area contributed by atoms with Gasteiger partial charge in [-0.2, -0.15) is 0 Å². The molecule has 1 aliphatic rings. The van der Waals surface area contributed by atoms with Crippen LogP contribution >= 0.6 is 0 Å². The van der Waals surface area contributed by atoms with Crippen LogP contribution in [0.4, 0.5) is 5.69 Å². The number of para-hydroxylation sites is 1. The lowest BCUT2D eigenvalue weighted by atomic mass is 10.0. The number of nitrogens with zero attached hydrogens (tertiary/aromatic N) is 1. The van der Waals surface area contributed by atoms with Gasteiger partial charge < -0.3 is 10.2 Å². The van der Waals surface area contributed by atoms with E-state index in [1.165, 1.54) is 11.1 Å². The Hall–Kier alpha value is -1.35. The van der Waals surface area contributed by atoms with Gasteiger partial charge in [0, 0.05) is 24.7 Å². The molecule has 0 bridgehead atoms. The third kappa shape index (κ3) is 2.56. The van der Waals surface area contributed by atoms with Crippen LogP contribution in [0.15, 0.2) is 18.2 Å². The van der Waals surface area contributed by atoms with E-state index in [4.69, 9.17) is 0 Å². The Morgan fingerprint density at radius 3 is 2.61 bits per heavy atom. The van der Waals surface area contributed by atoms with Crippen molar-refractivity contribution in [3.8, 4) is 0 Å². The van der Waals surface area contributed by atoms with E-state index in [2.05, 4.69) is 31.3 Å². The maximum atomic E-state index is 12.5. The molecule has 2 rings (SSSR count). The number of aryl methyl sites for hydroxylation is 2. The number of carbonyl (C=O) groups excluding carboxylic acids is 1. The van der Waals surface area contributed by atoms with Gasteiger partial charge >= 0.3 is 0 Å². The zero-order chi connectivity index (χ0) is 13.1. The van der Waals surface area contributed by atoms with E-state index in [9.17, 15) is 4.79 Å². The van der Waals surface area contributed by atoms with Gasteiger partial charge in [0.05, 0.1) is 0 Å². The van der Waals surface area contributed by atoms with Crippen LogP contribution in [-0.2, 0) is 4.79 Å². The fraction of sp³-hybridized carbons (Fsp3) is 0.533. The van der Waals surface area contributed by atoms with Crippen LogP contribution in [0, 0.1) is 19.8 Å². The predicted octanol–water partition coefficient (Wildman–Crippen LogP) is 2.27. The summed E-state index contributed by atoms with van der Waals surface area (Å²) in [5, 5.41) is 3.32. The highest BCUT2D eigenvalue weighted by molar-refractivity contribution is 5.96. The number of nitrogens with one attached hydrogen (secondary N) is 1. The lowest BCUT2D eigenvalue weighted by molar-refractivity contribution is -0.122. The Balaban J connectivity index is 2.36. The quantitative estimate of drug-likeness (QED) is 0.824. The smallest absolute Gasteiger partial charge is 0.231 e. The average molecular weight is 246 g/mol. The van der Waals surface area contributed by atoms with Crippen molar-refractivity contribution in [1.82, 2.24) is 5.32 Å². The Labute approximate surface area is 109 Å². The molecule has 1 aliphatic heterocycles. The number of rotatable bonds is 1. The van der Waals surface area contributed by atoms with Crippen LogP contribution in [0.5, 0.6) is 0 Å². The van der Waals surface area contributed by atoms with Crippen molar-refractivity contribution in [1.29, 1.82) is 0 Å². The molecule has 1 aromatic rings. The van der Waals surface area contributed by atoms with Crippen molar-refractivity contribution in [2.24, 2.45) is 5.92 Å². The fourth-order valence-corrected chi connectivity index (χ4v) is 2.60. The summed E-state index contributed by atoms with van der Waals surface area (Å²) >= 11 is 0. The second-order valence-electron chi connectivity index (χ2n) is 5.19. The number of benzene rings is 1. The highest BCUT2D eigenvalue weighted by Crippen LogP contribution is 2.26.